The number of rotatable bonds is 8. The van der Waals surface area contributed by atoms with Crippen LogP contribution in [0.25, 0.3) is 0 Å². The summed E-state index contributed by atoms with van der Waals surface area (Å²) in [6.07, 6.45) is 3.66. The van der Waals surface area contributed by atoms with Gasteiger partial charge in [-0.15, -0.1) is 0 Å². The normalized spacial score (nSPS) is 9.41. The maximum absolute atomic E-state index is 10.6. The van der Waals surface area contributed by atoms with Gasteiger partial charge in [-0.25, -0.2) is 0 Å². The Balaban J connectivity index is 0.000000455. The third-order valence-electron chi connectivity index (χ3n) is 3.06. The predicted octanol–water partition coefficient (Wildman–Crippen LogP) is 7.56. The van der Waals surface area contributed by atoms with E-state index in [-0.39, 0.29) is 5.75 Å². The van der Waals surface area contributed by atoms with Crippen LogP contribution in [0.1, 0.15) is 33.6 Å². The van der Waals surface area contributed by atoms with Gasteiger partial charge < -0.3 is 9.84 Å². The number of phenols is 1. The summed E-state index contributed by atoms with van der Waals surface area (Å²) >= 11 is 16.3. The molecule has 0 unspecified atom stereocenters. The largest absolute Gasteiger partial charge is 0.507 e. The lowest BCUT2D eigenvalue weighted by Crippen LogP contribution is -1.99. The second kappa shape index (κ2) is 18.5. The van der Waals surface area contributed by atoms with Gasteiger partial charge in [0.15, 0.2) is 12.6 Å². The number of carbonyl (C=O) groups excluding carboxylic acids is 2. The van der Waals surface area contributed by atoms with Gasteiger partial charge in [-0.1, -0.05) is 72.1 Å². The van der Waals surface area contributed by atoms with E-state index in [2.05, 4.69) is 79.6 Å². The fourth-order valence-corrected chi connectivity index (χ4v) is 4.02. The second-order valence-electron chi connectivity index (χ2n) is 5.20. The Bertz CT molecular complexity index is 739. The van der Waals surface area contributed by atoms with Crippen molar-refractivity contribution >= 4 is 92.2 Å². The van der Waals surface area contributed by atoms with Crippen LogP contribution in [0.2, 0.25) is 0 Å². The number of aromatic hydroxyl groups is 1. The Morgan fingerprint density at radius 2 is 1.31 bits per heavy atom. The van der Waals surface area contributed by atoms with Crippen molar-refractivity contribution in [3.05, 3.63) is 56.5 Å². The highest BCUT2D eigenvalue weighted by Gasteiger charge is 2.05. The van der Waals surface area contributed by atoms with Crippen molar-refractivity contribution in [3.8, 4) is 11.5 Å². The van der Waals surface area contributed by atoms with Crippen molar-refractivity contribution in [2.45, 2.75) is 12.8 Å². The lowest BCUT2D eigenvalue weighted by molar-refractivity contribution is 0.111. The molecule has 9 heteroatoms. The first-order valence-corrected chi connectivity index (χ1v) is 13.4. The van der Waals surface area contributed by atoms with E-state index in [4.69, 9.17) is 9.84 Å². The van der Waals surface area contributed by atoms with Gasteiger partial charge in [0.05, 0.1) is 15.6 Å². The zero-order valence-corrected chi connectivity index (χ0v) is 23.4. The number of benzene rings is 2. The fourth-order valence-electron chi connectivity index (χ4n) is 1.65. The molecular formula is C20H21Br5O4. The highest BCUT2D eigenvalue weighted by atomic mass is 79.9. The van der Waals surface area contributed by atoms with Crippen LogP contribution in [-0.2, 0) is 0 Å². The van der Waals surface area contributed by atoms with E-state index in [1.807, 2.05) is 6.07 Å². The van der Waals surface area contributed by atoms with Crippen molar-refractivity contribution < 1.29 is 19.4 Å². The van der Waals surface area contributed by atoms with E-state index in [1.54, 1.807) is 24.3 Å². The van der Waals surface area contributed by atoms with Crippen molar-refractivity contribution in [2.24, 2.45) is 0 Å². The topological polar surface area (TPSA) is 63.6 Å². The van der Waals surface area contributed by atoms with Crippen LogP contribution >= 0.6 is 79.6 Å². The Hall–Kier alpha value is -0.220. The Kier molecular flexibility index (Phi) is 18.4. The van der Waals surface area contributed by atoms with E-state index in [9.17, 15) is 9.59 Å². The van der Waals surface area contributed by atoms with Crippen LogP contribution in [-0.4, -0.2) is 40.3 Å². The smallest absolute Gasteiger partial charge is 0.151 e. The van der Waals surface area contributed by atoms with Gasteiger partial charge in [-0.3, -0.25) is 9.59 Å². The van der Waals surface area contributed by atoms with Gasteiger partial charge in [0.25, 0.3) is 0 Å². The first-order chi connectivity index (χ1) is 14.0. The third-order valence-corrected chi connectivity index (χ3v) is 6.45. The molecule has 0 atom stereocenters. The lowest BCUT2D eigenvalue weighted by Gasteiger charge is -2.07. The molecule has 2 aromatic carbocycles. The van der Waals surface area contributed by atoms with Crippen molar-refractivity contribution in [2.75, 3.05) is 22.6 Å². The molecule has 4 nitrogen and oxygen atoms in total. The van der Waals surface area contributed by atoms with Gasteiger partial charge in [0, 0.05) is 27.1 Å². The zero-order chi connectivity index (χ0) is 22.1. The summed E-state index contributed by atoms with van der Waals surface area (Å²) in [5.74, 6) is 0.806. The minimum atomic E-state index is 0.0876. The Morgan fingerprint density at radius 3 is 1.76 bits per heavy atom. The molecule has 0 saturated heterocycles. The average molecular weight is 725 g/mol. The van der Waals surface area contributed by atoms with E-state index < -0.39 is 0 Å². The van der Waals surface area contributed by atoms with Crippen molar-refractivity contribution in [3.63, 3.8) is 0 Å². The SMILES string of the molecule is BrCCCBr.O=Cc1cccc(O)c1Br.O=Cc1cccc(OCCCBr)c1Br. The number of alkyl halides is 3. The van der Waals surface area contributed by atoms with E-state index in [1.165, 1.54) is 12.5 Å². The summed E-state index contributed by atoms with van der Waals surface area (Å²) in [6, 6.07) is 10.1. The number of halogens is 5. The number of hydrogen-bond donors (Lipinski definition) is 1. The zero-order valence-electron chi connectivity index (χ0n) is 15.4. The highest BCUT2D eigenvalue weighted by Crippen LogP contribution is 2.27. The highest BCUT2D eigenvalue weighted by molar-refractivity contribution is 9.11. The van der Waals surface area contributed by atoms with Crippen molar-refractivity contribution in [1.82, 2.24) is 0 Å². The average Bonchev–Trinajstić information content (AvgIpc) is 2.73. The van der Waals surface area contributed by atoms with Crippen molar-refractivity contribution in [1.29, 1.82) is 0 Å². The second-order valence-corrected chi connectivity index (χ2v) is 9.16. The third kappa shape index (κ3) is 12.3. The monoisotopic (exact) mass is 720 g/mol. The van der Waals surface area contributed by atoms with E-state index in [0.29, 0.717) is 28.5 Å². The molecule has 0 amide bonds. The minimum absolute atomic E-state index is 0.0876. The molecule has 0 aliphatic rings. The lowest BCUT2D eigenvalue weighted by atomic mass is 10.2. The summed E-state index contributed by atoms with van der Waals surface area (Å²) in [6.45, 7) is 0.645. The number of carbonyl (C=O) groups is 2. The number of aldehydes is 2. The maximum atomic E-state index is 10.6. The van der Waals surface area contributed by atoms with Gasteiger partial charge in [-0.05, 0) is 56.8 Å². The van der Waals surface area contributed by atoms with Gasteiger partial charge in [-0.2, -0.15) is 0 Å². The Labute approximate surface area is 213 Å². The first kappa shape index (κ1) is 28.8. The van der Waals surface area contributed by atoms with Gasteiger partial charge in [0.1, 0.15) is 11.5 Å². The van der Waals surface area contributed by atoms with Crippen LogP contribution in [0.15, 0.2) is 45.3 Å². The molecule has 2 rings (SSSR count). The van der Waals surface area contributed by atoms with E-state index in [0.717, 1.165) is 38.9 Å². The molecule has 0 heterocycles. The standard InChI is InChI=1S/C10H10Br2O2.C7H5BrO2.C3H6Br2/c11-5-2-6-14-9-4-1-3-8(7-13)10(9)12;8-7-5(4-9)2-1-3-6(7)10;4-2-1-3-5/h1,3-4,7H,2,5-6H2;1-4,10H;1-3H2. The fraction of sp³-hybridized carbons (Fsp3) is 0.300. The summed E-state index contributed by atoms with van der Waals surface area (Å²) < 4.78 is 6.66. The summed E-state index contributed by atoms with van der Waals surface area (Å²) in [4.78, 5) is 20.9. The molecule has 0 aliphatic carbocycles. The molecule has 2 aromatic rings. The predicted molar refractivity (Wildman–Crippen MR) is 137 cm³/mol. The molecule has 0 bridgehead atoms. The van der Waals surface area contributed by atoms with Crippen LogP contribution in [0.3, 0.4) is 0 Å². The number of phenolic OH excluding ortho intramolecular Hbond substituents is 1. The first-order valence-electron chi connectivity index (χ1n) is 8.43. The maximum Gasteiger partial charge on any atom is 0.151 e. The molecule has 0 spiro atoms. The molecule has 0 aliphatic heterocycles. The minimum Gasteiger partial charge on any atom is -0.507 e. The van der Waals surface area contributed by atoms with Gasteiger partial charge >= 0.3 is 0 Å². The summed E-state index contributed by atoms with van der Waals surface area (Å²) in [5, 5.41) is 12.2. The van der Waals surface area contributed by atoms with Gasteiger partial charge in [0.2, 0.25) is 0 Å². The van der Waals surface area contributed by atoms with Crippen LogP contribution in [0, 0.1) is 0 Å². The quantitative estimate of drug-likeness (QED) is 0.174. The van der Waals surface area contributed by atoms with Crippen LogP contribution in [0.5, 0.6) is 11.5 Å². The molecule has 0 fully saturated rings. The molecule has 29 heavy (non-hydrogen) atoms. The molecule has 0 aromatic heterocycles. The number of ether oxygens (including phenoxy) is 1. The van der Waals surface area contributed by atoms with Crippen LogP contribution < -0.4 is 4.74 Å². The molecule has 160 valence electrons. The molecule has 0 radical (unpaired) electrons. The number of hydrogen-bond acceptors (Lipinski definition) is 4. The molecule has 1 N–H and O–H groups in total. The molecular weight excluding hydrogens is 704 g/mol. The molecule has 0 saturated carbocycles. The van der Waals surface area contributed by atoms with E-state index >= 15 is 0 Å². The Morgan fingerprint density at radius 1 is 0.793 bits per heavy atom. The van der Waals surface area contributed by atoms with Crippen LogP contribution in [0.4, 0.5) is 0 Å². The summed E-state index contributed by atoms with van der Waals surface area (Å²) in [5.41, 5.74) is 1.07. The summed E-state index contributed by atoms with van der Waals surface area (Å²) in [7, 11) is 0.